The fourth-order valence-corrected chi connectivity index (χ4v) is 2.45. The molecule has 6 nitrogen and oxygen atoms in total. The molecule has 0 aliphatic heterocycles. The lowest BCUT2D eigenvalue weighted by atomic mass is 10.2. The number of carbonyl (C=O) groups excluding carboxylic acids is 1. The average Bonchev–Trinajstić information content (AvgIpc) is 3.02. The second kappa shape index (κ2) is 6.08. The van der Waals surface area contributed by atoms with Crippen LogP contribution in [0.4, 0.5) is 5.69 Å². The van der Waals surface area contributed by atoms with Crippen LogP contribution in [0.15, 0.2) is 36.5 Å². The summed E-state index contributed by atoms with van der Waals surface area (Å²) in [7, 11) is 1.58. The Morgan fingerprint density at radius 2 is 2.13 bits per heavy atom. The average molecular weight is 310 g/mol. The van der Waals surface area contributed by atoms with Crippen LogP contribution in [0.5, 0.6) is 5.75 Å². The minimum absolute atomic E-state index is 0.271. The maximum Gasteiger partial charge on any atom is 0.274 e. The van der Waals surface area contributed by atoms with Crippen LogP contribution in [0, 0.1) is 6.92 Å². The number of hydrogen-bond donors (Lipinski definition) is 1. The zero-order valence-electron chi connectivity index (χ0n) is 13.3. The molecule has 0 radical (unpaired) electrons. The minimum Gasteiger partial charge on any atom is -0.495 e. The number of amides is 1. The molecule has 0 unspecified atom stereocenters. The zero-order valence-corrected chi connectivity index (χ0v) is 13.3. The molecule has 6 heteroatoms. The van der Waals surface area contributed by atoms with E-state index in [0.29, 0.717) is 22.8 Å². The lowest BCUT2D eigenvalue weighted by molar-refractivity contribution is 0.102. The summed E-state index contributed by atoms with van der Waals surface area (Å²) < 4.78 is 7.03. The second-order valence-electron chi connectivity index (χ2n) is 5.25. The summed E-state index contributed by atoms with van der Waals surface area (Å²) in [6.07, 6.45) is 2.43. The van der Waals surface area contributed by atoms with E-state index < -0.39 is 0 Å². The van der Waals surface area contributed by atoms with E-state index in [0.717, 1.165) is 17.7 Å². The molecule has 0 atom stereocenters. The van der Waals surface area contributed by atoms with Gasteiger partial charge in [0.05, 0.1) is 19.0 Å². The van der Waals surface area contributed by atoms with Crippen LogP contribution < -0.4 is 10.1 Å². The van der Waals surface area contributed by atoms with Gasteiger partial charge < -0.3 is 10.1 Å². The Hall–Kier alpha value is -2.89. The molecule has 1 aromatic carbocycles. The fourth-order valence-electron chi connectivity index (χ4n) is 2.45. The molecule has 0 fully saturated rings. The molecule has 1 amide bonds. The van der Waals surface area contributed by atoms with E-state index in [4.69, 9.17) is 4.74 Å². The summed E-state index contributed by atoms with van der Waals surface area (Å²) in [4.78, 5) is 16.9. The Morgan fingerprint density at radius 3 is 2.87 bits per heavy atom. The molecule has 0 saturated heterocycles. The predicted molar refractivity (Wildman–Crippen MR) is 88.0 cm³/mol. The summed E-state index contributed by atoms with van der Waals surface area (Å²) in [6.45, 7) is 3.97. The van der Waals surface area contributed by atoms with Crippen molar-refractivity contribution in [1.82, 2.24) is 14.6 Å². The van der Waals surface area contributed by atoms with E-state index in [1.54, 1.807) is 30.0 Å². The number of rotatable bonds is 4. The van der Waals surface area contributed by atoms with Gasteiger partial charge in [-0.2, -0.15) is 5.10 Å². The summed E-state index contributed by atoms with van der Waals surface area (Å²) >= 11 is 0. The van der Waals surface area contributed by atoms with E-state index in [-0.39, 0.29) is 5.91 Å². The second-order valence-corrected chi connectivity index (χ2v) is 5.25. The number of methoxy groups -OCH3 is 1. The van der Waals surface area contributed by atoms with E-state index in [9.17, 15) is 4.79 Å². The van der Waals surface area contributed by atoms with Crippen molar-refractivity contribution in [3.8, 4) is 5.75 Å². The van der Waals surface area contributed by atoms with Crippen molar-refractivity contribution >= 4 is 17.2 Å². The third-order valence-corrected chi connectivity index (χ3v) is 3.63. The van der Waals surface area contributed by atoms with Crippen LogP contribution in [0.25, 0.3) is 5.65 Å². The smallest absolute Gasteiger partial charge is 0.274 e. The first-order valence-electron chi connectivity index (χ1n) is 7.42. The molecule has 0 aliphatic rings. The molecular weight excluding hydrogens is 292 g/mol. The minimum atomic E-state index is -0.271. The Labute approximate surface area is 134 Å². The van der Waals surface area contributed by atoms with Crippen LogP contribution in [0.2, 0.25) is 0 Å². The van der Waals surface area contributed by atoms with E-state index >= 15 is 0 Å². The molecule has 0 bridgehead atoms. The standard InChI is InChI=1S/C17H18N4O2/c1-4-12-10-14(19-16-7-8-18-21(12)16)17(22)20-13-9-11(2)5-6-15(13)23-3/h5-10H,4H2,1-3H3,(H,20,22). The van der Waals surface area contributed by atoms with Gasteiger partial charge in [0.25, 0.3) is 5.91 Å². The number of anilines is 1. The first-order chi connectivity index (χ1) is 11.1. The summed E-state index contributed by atoms with van der Waals surface area (Å²) in [5, 5.41) is 7.09. The third-order valence-electron chi connectivity index (χ3n) is 3.63. The number of ether oxygens (including phenoxy) is 1. The molecule has 0 saturated carbocycles. The Bertz CT molecular complexity index is 870. The van der Waals surface area contributed by atoms with E-state index in [1.165, 1.54) is 0 Å². The SMILES string of the molecule is CCc1cc(C(=O)Nc2cc(C)ccc2OC)nc2ccnn12. The van der Waals surface area contributed by atoms with Gasteiger partial charge >= 0.3 is 0 Å². The van der Waals surface area contributed by atoms with Crippen LogP contribution in [-0.2, 0) is 6.42 Å². The molecule has 2 aromatic heterocycles. The van der Waals surface area contributed by atoms with Crippen molar-refractivity contribution in [2.45, 2.75) is 20.3 Å². The number of aryl methyl sites for hydroxylation is 2. The molecular formula is C17H18N4O2. The maximum absolute atomic E-state index is 12.6. The first kappa shape index (κ1) is 15.0. The van der Waals surface area contributed by atoms with Crippen LogP contribution in [0.1, 0.15) is 28.7 Å². The molecule has 0 spiro atoms. The molecule has 3 rings (SSSR count). The number of nitrogens with zero attached hydrogens (tertiary/aromatic N) is 3. The summed E-state index contributed by atoms with van der Waals surface area (Å²) in [5.74, 6) is 0.345. The highest BCUT2D eigenvalue weighted by Gasteiger charge is 2.14. The van der Waals surface area contributed by atoms with Crippen molar-refractivity contribution in [1.29, 1.82) is 0 Å². The van der Waals surface area contributed by atoms with Gasteiger partial charge in [-0.05, 0) is 37.1 Å². The van der Waals surface area contributed by atoms with Gasteiger partial charge in [-0.1, -0.05) is 13.0 Å². The van der Waals surface area contributed by atoms with Crippen molar-refractivity contribution < 1.29 is 9.53 Å². The fraction of sp³-hybridized carbons (Fsp3) is 0.235. The lowest BCUT2D eigenvalue weighted by Gasteiger charge is -2.11. The predicted octanol–water partition coefficient (Wildman–Crippen LogP) is 2.86. The van der Waals surface area contributed by atoms with Gasteiger partial charge in [0, 0.05) is 11.8 Å². The van der Waals surface area contributed by atoms with Crippen LogP contribution in [-0.4, -0.2) is 27.6 Å². The Morgan fingerprint density at radius 1 is 1.30 bits per heavy atom. The van der Waals surface area contributed by atoms with Crippen molar-refractivity contribution in [3.05, 3.63) is 53.5 Å². The summed E-state index contributed by atoms with van der Waals surface area (Å²) in [6, 6.07) is 9.17. The number of carbonyl (C=O) groups is 1. The number of nitrogens with one attached hydrogen (secondary N) is 1. The van der Waals surface area contributed by atoms with Gasteiger partial charge in [-0.15, -0.1) is 0 Å². The molecule has 2 heterocycles. The Kier molecular flexibility index (Phi) is 3.97. The number of aromatic nitrogens is 3. The van der Waals surface area contributed by atoms with Gasteiger partial charge in [0.2, 0.25) is 0 Å². The largest absolute Gasteiger partial charge is 0.495 e. The molecule has 118 valence electrons. The number of fused-ring (bicyclic) bond motifs is 1. The van der Waals surface area contributed by atoms with Crippen LogP contribution in [0.3, 0.4) is 0 Å². The number of hydrogen-bond acceptors (Lipinski definition) is 4. The quantitative estimate of drug-likeness (QED) is 0.804. The van der Waals surface area contributed by atoms with Gasteiger partial charge in [0.15, 0.2) is 5.65 Å². The normalized spacial score (nSPS) is 10.7. The van der Waals surface area contributed by atoms with Crippen molar-refractivity contribution in [2.24, 2.45) is 0 Å². The highest BCUT2D eigenvalue weighted by Crippen LogP contribution is 2.25. The lowest BCUT2D eigenvalue weighted by Crippen LogP contribution is -2.16. The van der Waals surface area contributed by atoms with Gasteiger partial charge in [-0.3, -0.25) is 4.79 Å². The maximum atomic E-state index is 12.6. The van der Waals surface area contributed by atoms with Crippen molar-refractivity contribution in [3.63, 3.8) is 0 Å². The summed E-state index contributed by atoms with van der Waals surface area (Å²) in [5.41, 5.74) is 3.62. The highest BCUT2D eigenvalue weighted by molar-refractivity contribution is 6.04. The number of benzene rings is 1. The van der Waals surface area contributed by atoms with E-state index in [1.807, 2.05) is 32.0 Å². The molecule has 1 N–H and O–H groups in total. The first-order valence-corrected chi connectivity index (χ1v) is 7.42. The van der Waals surface area contributed by atoms with Gasteiger partial charge in [-0.25, -0.2) is 9.50 Å². The third kappa shape index (κ3) is 2.88. The topological polar surface area (TPSA) is 68.5 Å². The molecule has 0 aliphatic carbocycles. The van der Waals surface area contributed by atoms with Crippen molar-refractivity contribution in [2.75, 3.05) is 12.4 Å². The Balaban J connectivity index is 1.96. The monoisotopic (exact) mass is 310 g/mol. The molecule has 3 aromatic rings. The molecule has 23 heavy (non-hydrogen) atoms. The highest BCUT2D eigenvalue weighted by atomic mass is 16.5. The van der Waals surface area contributed by atoms with Crippen LogP contribution >= 0.6 is 0 Å². The van der Waals surface area contributed by atoms with E-state index in [2.05, 4.69) is 15.4 Å². The van der Waals surface area contributed by atoms with Gasteiger partial charge in [0.1, 0.15) is 11.4 Å². The zero-order chi connectivity index (χ0) is 16.4.